The first kappa shape index (κ1) is 16.1. The van der Waals surface area contributed by atoms with E-state index in [-0.39, 0.29) is 22.9 Å². The molecule has 0 aromatic heterocycles. The van der Waals surface area contributed by atoms with Crippen LogP contribution in [-0.2, 0) is 19.9 Å². The molecular weight excluding hydrogens is 314 g/mol. The molecule has 0 spiro atoms. The molecule has 0 amide bonds. The van der Waals surface area contributed by atoms with Gasteiger partial charge in [0.05, 0.1) is 27.3 Å². The molecule has 1 heterocycles. The molecule has 0 bridgehead atoms. The summed E-state index contributed by atoms with van der Waals surface area (Å²) in [6.45, 7) is 0.282. The normalized spacial score (nSPS) is 21.3. The quantitative estimate of drug-likeness (QED) is 0.661. The summed E-state index contributed by atoms with van der Waals surface area (Å²) in [6.07, 6.45) is 1.32. The Kier molecular flexibility index (Phi) is 4.45. The Morgan fingerprint density at radius 1 is 1.38 bits per heavy atom. The average Bonchev–Trinajstić information content (AvgIpc) is 2.76. The van der Waals surface area contributed by atoms with Crippen molar-refractivity contribution in [3.63, 3.8) is 0 Å². The van der Waals surface area contributed by atoms with E-state index >= 15 is 0 Å². The van der Waals surface area contributed by atoms with Crippen molar-refractivity contribution in [1.29, 1.82) is 0 Å². The Morgan fingerprint density at radius 2 is 2.10 bits per heavy atom. The van der Waals surface area contributed by atoms with E-state index in [1.165, 1.54) is 19.2 Å². The second kappa shape index (κ2) is 5.82. The predicted molar refractivity (Wildman–Crippen MR) is 82.4 cm³/mol. The van der Waals surface area contributed by atoms with Crippen LogP contribution in [-0.4, -0.2) is 41.4 Å². The maximum Gasteiger partial charge on any atom is 0.240 e. The Hall–Kier alpha value is -1.32. The van der Waals surface area contributed by atoms with Gasteiger partial charge in [0, 0.05) is 6.54 Å². The fraction of sp³-hybridized carbons (Fsp3) is 0.500. The molecule has 21 heavy (non-hydrogen) atoms. The molecule has 1 aromatic rings. The topological polar surface area (TPSA) is 118 Å². The summed E-state index contributed by atoms with van der Waals surface area (Å²) in [5, 5.41) is 2.58. The van der Waals surface area contributed by atoms with Gasteiger partial charge in [-0.25, -0.2) is 21.6 Å². The molecule has 1 aliphatic rings. The molecule has 0 radical (unpaired) electrons. The highest BCUT2D eigenvalue weighted by Crippen LogP contribution is 2.25. The lowest BCUT2D eigenvalue weighted by molar-refractivity contribution is 0.588. The number of nitrogen functional groups attached to an aromatic ring is 1. The first-order valence-corrected chi connectivity index (χ1v) is 9.74. The van der Waals surface area contributed by atoms with Crippen molar-refractivity contribution < 1.29 is 16.8 Å². The highest BCUT2D eigenvalue weighted by molar-refractivity contribution is 7.92. The third-order valence-electron chi connectivity index (χ3n) is 3.59. The van der Waals surface area contributed by atoms with Crippen molar-refractivity contribution in [1.82, 2.24) is 4.72 Å². The Labute approximate surface area is 124 Å². The van der Waals surface area contributed by atoms with E-state index in [0.717, 1.165) is 0 Å². The molecule has 118 valence electrons. The van der Waals surface area contributed by atoms with Crippen molar-refractivity contribution in [2.24, 2.45) is 0 Å². The largest absolute Gasteiger partial charge is 0.397 e. The molecule has 9 heteroatoms. The monoisotopic (exact) mass is 333 g/mol. The van der Waals surface area contributed by atoms with Gasteiger partial charge in [-0.3, -0.25) is 0 Å². The van der Waals surface area contributed by atoms with Gasteiger partial charge in [-0.2, -0.15) is 0 Å². The van der Waals surface area contributed by atoms with E-state index < -0.39 is 25.1 Å². The summed E-state index contributed by atoms with van der Waals surface area (Å²) in [7, 11) is -5.23. The molecule has 1 unspecified atom stereocenters. The summed E-state index contributed by atoms with van der Waals surface area (Å²) >= 11 is 0. The lowest BCUT2D eigenvalue weighted by Crippen LogP contribution is -2.25. The average molecular weight is 333 g/mol. The SMILES string of the molecule is CNS(=O)(=O)c1ccc(NCC2CCCS2(=O)=O)c(N)c1. The van der Waals surface area contributed by atoms with Crippen molar-refractivity contribution in [3.8, 4) is 0 Å². The summed E-state index contributed by atoms with van der Waals surface area (Å²) in [5.41, 5.74) is 6.62. The summed E-state index contributed by atoms with van der Waals surface area (Å²) in [5.74, 6) is 0.230. The van der Waals surface area contributed by atoms with Crippen LogP contribution in [0, 0.1) is 0 Å². The molecule has 1 aromatic carbocycles. The Morgan fingerprint density at radius 3 is 2.62 bits per heavy atom. The van der Waals surface area contributed by atoms with E-state index in [2.05, 4.69) is 10.0 Å². The molecule has 7 nitrogen and oxygen atoms in total. The molecular formula is C12H19N3O4S2. The van der Waals surface area contributed by atoms with Gasteiger partial charge in [0.15, 0.2) is 9.84 Å². The van der Waals surface area contributed by atoms with Gasteiger partial charge < -0.3 is 11.1 Å². The third kappa shape index (κ3) is 3.47. The van der Waals surface area contributed by atoms with Crippen molar-refractivity contribution >= 4 is 31.2 Å². The molecule has 1 fully saturated rings. The highest BCUT2D eigenvalue weighted by atomic mass is 32.2. The van der Waals surface area contributed by atoms with E-state index in [4.69, 9.17) is 5.73 Å². The van der Waals surface area contributed by atoms with Crippen molar-refractivity contribution in [2.45, 2.75) is 23.0 Å². The minimum absolute atomic E-state index is 0.0709. The van der Waals surface area contributed by atoms with Crippen LogP contribution in [0.5, 0.6) is 0 Å². The van der Waals surface area contributed by atoms with Crippen LogP contribution in [0.2, 0.25) is 0 Å². The number of anilines is 2. The zero-order valence-corrected chi connectivity index (χ0v) is 13.3. The van der Waals surface area contributed by atoms with E-state index in [9.17, 15) is 16.8 Å². The minimum Gasteiger partial charge on any atom is -0.397 e. The Balaban J connectivity index is 2.12. The van der Waals surface area contributed by atoms with Crippen molar-refractivity contribution in [2.75, 3.05) is 30.4 Å². The maximum atomic E-state index is 11.7. The Bertz CT molecular complexity index is 729. The van der Waals surface area contributed by atoms with Gasteiger partial charge in [-0.1, -0.05) is 0 Å². The second-order valence-electron chi connectivity index (χ2n) is 4.97. The fourth-order valence-corrected chi connectivity index (χ4v) is 4.83. The third-order valence-corrected chi connectivity index (χ3v) is 7.27. The lowest BCUT2D eigenvalue weighted by Gasteiger charge is -2.14. The van der Waals surface area contributed by atoms with Crippen molar-refractivity contribution in [3.05, 3.63) is 18.2 Å². The van der Waals surface area contributed by atoms with Crippen LogP contribution in [0.4, 0.5) is 11.4 Å². The van der Waals surface area contributed by atoms with Gasteiger partial charge in [0.1, 0.15) is 0 Å². The molecule has 1 aliphatic heterocycles. The fourth-order valence-electron chi connectivity index (χ4n) is 2.30. The van der Waals surface area contributed by atoms with E-state index in [1.807, 2.05) is 0 Å². The number of nitrogens with two attached hydrogens (primary N) is 1. The van der Waals surface area contributed by atoms with Gasteiger partial charge >= 0.3 is 0 Å². The first-order chi connectivity index (χ1) is 9.76. The number of nitrogens with one attached hydrogen (secondary N) is 2. The summed E-state index contributed by atoms with van der Waals surface area (Å²) in [6, 6.07) is 4.31. The number of rotatable bonds is 5. The molecule has 0 aliphatic carbocycles. The molecule has 1 atom stereocenters. The maximum absolute atomic E-state index is 11.7. The minimum atomic E-state index is -3.54. The summed E-state index contributed by atoms with van der Waals surface area (Å²) in [4.78, 5) is 0.0709. The highest BCUT2D eigenvalue weighted by Gasteiger charge is 2.30. The van der Waals surface area contributed by atoms with Crippen LogP contribution in [0.15, 0.2) is 23.1 Å². The molecule has 2 rings (SSSR count). The number of sulfone groups is 1. The zero-order valence-electron chi connectivity index (χ0n) is 11.7. The number of sulfonamides is 1. The summed E-state index contributed by atoms with van der Waals surface area (Å²) < 4.78 is 49.0. The molecule has 0 saturated carbocycles. The van der Waals surface area contributed by atoms with Crippen LogP contribution >= 0.6 is 0 Å². The first-order valence-electron chi connectivity index (χ1n) is 6.55. The lowest BCUT2D eigenvalue weighted by atomic mass is 10.2. The van der Waals surface area contributed by atoms with Crippen LogP contribution in [0.1, 0.15) is 12.8 Å². The van der Waals surface area contributed by atoms with E-state index in [1.54, 1.807) is 6.07 Å². The standard InChI is InChI=1S/C12H19N3O4S2/c1-14-21(18,19)9-4-5-12(11(13)7-9)15-8-10-3-2-6-20(10,16)17/h4-5,7,10,14-15H,2-3,6,8,13H2,1H3. The molecule has 4 N–H and O–H groups in total. The van der Waals surface area contributed by atoms with Gasteiger partial charge in [-0.15, -0.1) is 0 Å². The van der Waals surface area contributed by atoms with Gasteiger partial charge in [0.2, 0.25) is 10.0 Å². The predicted octanol–water partition coefficient (Wildman–Crippen LogP) is 0.166. The van der Waals surface area contributed by atoms with Crippen LogP contribution < -0.4 is 15.8 Å². The molecule has 1 saturated heterocycles. The van der Waals surface area contributed by atoms with Crippen LogP contribution in [0.3, 0.4) is 0 Å². The van der Waals surface area contributed by atoms with Gasteiger partial charge in [0.25, 0.3) is 0 Å². The van der Waals surface area contributed by atoms with Gasteiger partial charge in [-0.05, 0) is 38.1 Å². The van der Waals surface area contributed by atoms with E-state index in [0.29, 0.717) is 18.5 Å². The smallest absolute Gasteiger partial charge is 0.240 e. The number of hydrogen-bond acceptors (Lipinski definition) is 6. The number of hydrogen-bond donors (Lipinski definition) is 3. The second-order valence-corrected chi connectivity index (χ2v) is 9.26. The number of benzene rings is 1. The van der Waals surface area contributed by atoms with Crippen LogP contribution in [0.25, 0.3) is 0 Å². The zero-order chi connectivity index (χ0) is 15.7.